The van der Waals surface area contributed by atoms with E-state index in [9.17, 15) is 4.79 Å². The van der Waals surface area contributed by atoms with Crippen molar-refractivity contribution in [3.8, 4) is 0 Å². The van der Waals surface area contributed by atoms with Crippen molar-refractivity contribution >= 4 is 17.5 Å². The molecular weight excluding hydrogens is 208 g/mol. The van der Waals surface area contributed by atoms with Crippen LogP contribution in [0, 0.1) is 11.8 Å². The van der Waals surface area contributed by atoms with Gasteiger partial charge in [-0.25, -0.2) is 0 Å². The van der Waals surface area contributed by atoms with Gasteiger partial charge >= 0.3 is 0 Å². The van der Waals surface area contributed by atoms with Crippen LogP contribution in [0.2, 0.25) is 0 Å². The first-order chi connectivity index (χ1) is 7.24. The van der Waals surface area contributed by atoms with Gasteiger partial charge in [0.1, 0.15) is 5.78 Å². The predicted octanol–water partition coefficient (Wildman–Crippen LogP) is 2.50. The van der Waals surface area contributed by atoms with Crippen LogP contribution in [0.4, 0.5) is 0 Å². The summed E-state index contributed by atoms with van der Waals surface area (Å²) in [6.45, 7) is 2.24. The molecule has 0 bridgehead atoms. The SMILES string of the molecule is CC(CO)CSCC(=O)C1CCCCC1. The molecule has 1 aliphatic rings. The Morgan fingerprint density at radius 1 is 1.40 bits per heavy atom. The predicted molar refractivity (Wildman–Crippen MR) is 65.2 cm³/mol. The molecule has 0 heterocycles. The molecule has 0 saturated heterocycles. The maximum atomic E-state index is 11.8. The molecule has 1 saturated carbocycles. The van der Waals surface area contributed by atoms with Crippen LogP contribution in [-0.2, 0) is 4.79 Å². The Kier molecular flexibility index (Phi) is 6.34. The molecule has 0 aliphatic heterocycles. The number of ketones is 1. The number of rotatable bonds is 6. The molecule has 1 aliphatic carbocycles. The number of aliphatic hydroxyl groups excluding tert-OH is 1. The second-order valence-electron chi connectivity index (χ2n) is 4.60. The number of thioether (sulfide) groups is 1. The van der Waals surface area contributed by atoms with Gasteiger partial charge in [0.05, 0.1) is 5.75 Å². The fourth-order valence-electron chi connectivity index (χ4n) is 1.96. The van der Waals surface area contributed by atoms with Crippen molar-refractivity contribution in [2.24, 2.45) is 11.8 Å². The largest absolute Gasteiger partial charge is 0.396 e. The van der Waals surface area contributed by atoms with Crippen molar-refractivity contribution in [3.05, 3.63) is 0 Å². The Hall–Kier alpha value is -0.0200. The number of carbonyl (C=O) groups is 1. The number of aliphatic hydroxyl groups is 1. The Bertz CT molecular complexity index is 188. The minimum atomic E-state index is 0.227. The van der Waals surface area contributed by atoms with E-state index >= 15 is 0 Å². The molecule has 0 amide bonds. The van der Waals surface area contributed by atoms with Crippen LogP contribution in [0.1, 0.15) is 39.0 Å². The van der Waals surface area contributed by atoms with E-state index in [-0.39, 0.29) is 6.61 Å². The van der Waals surface area contributed by atoms with Crippen LogP contribution < -0.4 is 0 Å². The molecule has 0 aromatic rings. The molecule has 1 N–H and O–H groups in total. The van der Waals surface area contributed by atoms with E-state index < -0.39 is 0 Å². The molecule has 15 heavy (non-hydrogen) atoms. The summed E-state index contributed by atoms with van der Waals surface area (Å²) in [6, 6.07) is 0. The fourth-order valence-corrected chi connectivity index (χ4v) is 3.02. The van der Waals surface area contributed by atoms with E-state index in [1.807, 2.05) is 6.92 Å². The minimum absolute atomic E-state index is 0.227. The third kappa shape index (κ3) is 5.03. The maximum absolute atomic E-state index is 11.8. The number of Topliss-reactive ketones (excluding diaryl/α,β-unsaturated/α-hetero) is 1. The first-order valence-corrected chi connectivity index (χ1v) is 7.10. The summed E-state index contributed by atoms with van der Waals surface area (Å²) in [6.07, 6.45) is 5.98. The van der Waals surface area contributed by atoms with Crippen LogP contribution in [0.25, 0.3) is 0 Å². The first kappa shape index (κ1) is 13.0. The third-order valence-corrected chi connectivity index (χ3v) is 4.31. The average molecular weight is 230 g/mol. The highest BCUT2D eigenvalue weighted by Gasteiger charge is 2.20. The van der Waals surface area contributed by atoms with Crippen LogP contribution in [0.15, 0.2) is 0 Å². The highest BCUT2D eigenvalue weighted by molar-refractivity contribution is 7.99. The van der Waals surface area contributed by atoms with Crippen molar-refractivity contribution in [1.82, 2.24) is 0 Å². The summed E-state index contributed by atoms with van der Waals surface area (Å²) < 4.78 is 0. The number of carbonyl (C=O) groups excluding carboxylic acids is 1. The Morgan fingerprint density at radius 3 is 2.67 bits per heavy atom. The van der Waals surface area contributed by atoms with Crippen LogP contribution in [-0.4, -0.2) is 29.0 Å². The van der Waals surface area contributed by atoms with Crippen molar-refractivity contribution in [2.45, 2.75) is 39.0 Å². The van der Waals surface area contributed by atoms with Gasteiger partial charge in [0.25, 0.3) is 0 Å². The Labute approximate surface area is 96.8 Å². The second kappa shape index (κ2) is 7.29. The fraction of sp³-hybridized carbons (Fsp3) is 0.917. The molecule has 3 heteroatoms. The van der Waals surface area contributed by atoms with Crippen molar-refractivity contribution in [1.29, 1.82) is 0 Å². The summed E-state index contributed by atoms with van der Waals surface area (Å²) in [5.41, 5.74) is 0. The van der Waals surface area contributed by atoms with E-state index in [2.05, 4.69) is 0 Å². The van der Waals surface area contributed by atoms with Gasteiger partial charge in [-0.2, -0.15) is 11.8 Å². The van der Waals surface area contributed by atoms with Crippen LogP contribution in [0.3, 0.4) is 0 Å². The molecule has 0 radical (unpaired) electrons. The molecular formula is C12H22O2S. The molecule has 1 rings (SSSR count). The second-order valence-corrected chi connectivity index (χ2v) is 5.63. The summed E-state index contributed by atoms with van der Waals surface area (Å²) in [4.78, 5) is 11.8. The summed E-state index contributed by atoms with van der Waals surface area (Å²) in [5.74, 6) is 2.64. The molecule has 1 atom stereocenters. The van der Waals surface area contributed by atoms with Crippen molar-refractivity contribution in [3.63, 3.8) is 0 Å². The van der Waals surface area contributed by atoms with Gasteiger partial charge < -0.3 is 5.11 Å². The van der Waals surface area contributed by atoms with E-state index in [1.165, 1.54) is 19.3 Å². The summed E-state index contributed by atoms with van der Waals surface area (Å²) in [7, 11) is 0. The number of hydrogen-bond donors (Lipinski definition) is 1. The standard InChI is InChI=1S/C12H22O2S/c1-10(7-13)8-15-9-12(14)11-5-3-2-4-6-11/h10-11,13H,2-9H2,1H3. The van der Waals surface area contributed by atoms with Crippen LogP contribution >= 0.6 is 11.8 Å². The average Bonchev–Trinajstić information content (AvgIpc) is 2.29. The molecule has 1 unspecified atom stereocenters. The van der Waals surface area contributed by atoms with Gasteiger partial charge in [0, 0.05) is 12.5 Å². The zero-order valence-electron chi connectivity index (χ0n) is 9.58. The lowest BCUT2D eigenvalue weighted by Crippen LogP contribution is -2.20. The lowest BCUT2D eigenvalue weighted by molar-refractivity contribution is -0.121. The Balaban J connectivity index is 2.12. The smallest absolute Gasteiger partial charge is 0.145 e. The van der Waals surface area contributed by atoms with Gasteiger partial charge in [-0.15, -0.1) is 0 Å². The van der Waals surface area contributed by atoms with E-state index in [1.54, 1.807) is 11.8 Å². The normalized spacial score (nSPS) is 20.1. The van der Waals surface area contributed by atoms with Gasteiger partial charge in [-0.05, 0) is 24.5 Å². The van der Waals surface area contributed by atoms with E-state index in [4.69, 9.17) is 5.11 Å². The summed E-state index contributed by atoms with van der Waals surface area (Å²) in [5, 5.41) is 8.85. The lowest BCUT2D eigenvalue weighted by Gasteiger charge is -2.20. The zero-order chi connectivity index (χ0) is 11.1. The monoisotopic (exact) mass is 230 g/mol. The zero-order valence-corrected chi connectivity index (χ0v) is 10.4. The third-order valence-electron chi connectivity index (χ3n) is 3.02. The minimum Gasteiger partial charge on any atom is -0.396 e. The molecule has 0 aromatic carbocycles. The van der Waals surface area contributed by atoms with Crippen molar-refractivity contribution in [2.75, 3.05) is 18.1 Å². The quantitative estimate of drug-likeness (QED) is 0.762. The van der Waals surface area contributed by atoms with Gasteiger partial charge in [-0.3, -0.25) is 4.79 Å². The highest BCUT2D eigenvalue weighted by atomic mass is 32.2. The van der Waals surface area contributed by atoms with Gasteiger partial charge in [0.2, 0.25) is 0 Å². The highest BCUT2D eigenvalue weighted by Crippen LogP contribution is 2.25. The lowest BCUT2D eigenvalue weighted by atomic mass is 9.87. The Morgan fingerprint density at radius 2 is 2.07 bits per heavy atom. The molecule has 0 spiro atoms. The topological polar surface area (TPSA) is 37.3 Å². The molecule has 1 fully saturated rings. The summed E-state index contributed by atoms with van der Waals surface area (Å²) >= 11 is 1.68. The molecule has 2 nitrogen and oxygen atoms in total. The first-order valence-electron chi connectivity index (χ1n) is 5.95. The van der Waals surface area contributed by atoms with Crippen LogP contribution in [0.5, 0.6) is 0 Å². The molecule has 0 aromatic heterocycles. The maximum Gasteiger partial charge on any atom is 0.145 e. The van der Waals surface area contributed by atoms with Gasteiger partial charge in [-0.1, -0.05) is 26.2 Å². The number of hydrogen-bond acceptors (Lipinski definition) is 3. The van der Waals surface area contributed by atoms with Crippen molar-refractivity contribution < 1.29 is 9.90 Å². The van der Waals surface area contributed by atoms with Gasteiger partial charge in [0.15, 0.2) is 0 Å². The van der Waals surface area contributed by atoms with E-state index in [0.29, 0.717) is 23.4 Å². The van der Waals surface area contributed by atoms with E-state index in [0.717, 1.165) is 18.6 Å². The molecule has 88 valence electrons.